The van der Waals surface area contributed by atoms with Crippen molar-refractivity contribution in [3.63, 3.8) is 0 Å². The molecule has 0 saturated carbocycles. The van der Waals surface area contributed by atoms with E-state index < -0.39 is 5.41 Å². The molecule has 1 aliphatic carbocycles. The minimum Gasteiger partial charge on any atom is -0.310 e. The normalized spacial score (nSPS) is 12.7. The van der Waals surface area contributed by atoms with Crippen LogP contribution < -0.4 is 4.90 Å². The SMILES string of the molecule is c1ccc(C2(c3ccccc3)c3ccccc3-c3ccc(N(c4ccc(-c5ccc6c(ccc7ccccc76)c5)cc4)c4ccc(-c5cccc6c5sc5ccccc56)cc4)cc32)cc1. The topological polar surface area (TPSA) is 3.24 Å². The van der Waals surface area contributed by atoms with Gasteiger partial charge in [0.1, 0.15) is 0 Å². The number of benzene rings is 11. The van der Waals surface area contributed by atoms with E-state index in [0.29, 0.717) is 0 Å². The molecule has 1 nitrogen and oxygen atoms in total. The average molecular weight is 844 g/mol. The first kappa shape index (κ1) is 37.5. The molecule has 0 saturated heterocycles. The molecule has 0 aliphatic heterocycles. The van der Waals surface area contributed by atoms with Crippen molar-refractivity contribution in [3.05, 3.63) is 271 Å². The van der Waals surface area contributed by atoms with Crippen molar-refractivity contribution < 1.29 is 0 Å². The van der Waals surface area contributed by atoms with Crippen molar-refractivity contribution in [1.29, 1.82) is 0 Å². The van der Waals surface area contributed by atoms with E-state index in [-0.39, 0.29) is 0 Å². The van der Waals surface area contributed by atoms with E-state index in [2.05, 4.69) is 254 Å². The van der Waals surface area contributed by atoms with Gasteiger partial charge in [-0.15, -0.1) is 11.3 Å². The lowest BCUT2D eigenvalue weighted by Gasteiger charge is -2.35. The van der Waals surface area contributed by atoms with Crippen molar-refractivity contribution in [2.45, 2.75) is 5.41 Å². The molecule has 0 N–H and O–H groups in total. The van der Waals surface area contributed by atoms with Gasteiger partial charge < -0.3 is 4.90 Å². The van der Waals surface area contributed by atoms with Crippen LogP contribution in [0, 0.1) is 0 Å². The van der Waals surface area contributed by atoms with Crippen LogP contribution >= 0.6 is 11.3 Å². The second-order valence-electron chi connectivity index (χ2n) is 17.2. The van der Waals surface area contributed by atoms with E-state index in [1.54, 1.807) is 0 Å². The van der Waals surface area contributed by atoms with E-state index in [1.165, 1.54) is 97.4 Å². The fraction of sp³-hybridized carbons (Fsp3) is 0.0159. The number of nitrogens with zero attached hydrogens (tertiary/aromatic N) is 1. The monoisotopic (exact) mass is 843 g/mol. The van der Waals surface area contributed by atoms with Gasteiger partial charge in [-0.1, -0.05) is 200 Å². The Hall–Kier alpha value is -8.04. The zero-order valence-electron chi connectivity index (χ0n) is 35.5. The summed E-state index contributed by atoms with van der Waals surface area (Å²) >= 11 is 1.88. The molecule has 11 aromatic carbocycles. The third kappa shape index (κ3) is 5.92. The van der Waals surface area contributed by atoms with Gasteiger partial charge in [0.25, 0.3) is 0 Å². The molecule has 1 heterocycles. The Labute approximate surface area is 382 Å². The molecule has 0 bridgehead atoms. The molecule has 304 valence electrons. The van der Waals surface area contributed by atoms with E-state index in [4.69, 9.17) is 0 Å². The average Bonchev–Trinajstić information content (AvgIpc) is 3.91. The standard InChI is InChI=1S/C63H41NS/c1-3-15-47(16-4-1)63(48-17-5-2-6-18-48)59-24-11-9-20-55(59)56-39-37-51(41-60(56)63)64(50-35-30-44(31-36-50)54-22-13-23-58-57-21-10-12-25-61(57)65-62(54)58)49-33-28-42(29-34-49)45-32-38-53-46(40-45)27-26-43-14-7-8-19-52(43)53/h1-41H. The largest absolute Gasteiger partial charge is 0.310 e. The first-order chi connectivity index (χ1) is 32.2. The van der Waals surface area contributed by atoms with Crippen LogP contribution in [0.5, 0.6) is 0 Å². The van der Waals surface area contributed by atoms with Gasteiger partial charge >= 0.3 is 0 Å². The molecule has 2 heteroatoms. The highest BCUT2D eigenvalue weighted by Crippen LogP contribution is 2.57. The molecule has 0 amide bonds. The summed E-state index contributed by atoms with van der Waals surface area (Å²) in [5, 5.41) is 7.71. The predicted octanol–water partition coefficient (Wildman–Crippen LogP) is 17.5. The molecule has 0 spiro atoms. The highest BCUT2D eigenvalue weighted by Gasteiger charge is 2.46. The summed E-state index contributed by atoms with van der Waals surface area (Å²) in [4.78, 5) is 2.43. The number of hydrogen-bond donors (Lipinski definition) is 0. The van der Waals surface area contributed by atoms with Crippen LogP contribution in [0.1, 0.15) is 22.3 Å². The fourth-order valence-electron chi connectivity index (χ4n) is 10.8. The number of anilines is 3. The van der Waals surface area contributed by atoms with E-state index >= 15 is 0 Å². The molecule has 12 aromatic rings. The highest BCUT2D eigenvalue weighted by molar-refractivity contribution is 7.26. The van der Waals surface area contributed by atoms with Gasteiger partial charge in [0.05, 0.1) is 5.41 Å². The summed E-state index contributed by atoms with van der Waals surface area (Å²) in [6.07, 6.45) is 0. The minimum absolute atomic E-state index is 0.506. The zero-order valence-corrected chi connectivity index (χ0v) is 36.3. The van der Waals surface area contributed by atoms with Crippen LogP contribution in [-0.2, 0) is 5.41 Å². The third-order valence-electron chi connectivity index (χ3n) is 13.7. The summed E-state index contributed by atoms with van der Waals surface area (Å²) in [5.41, 5.74) is 15.3. The molecule has 13 rings (SSSR count). The van der Waals surface area contributed by atoms with E-state index in [0.717, 1.165) is 17.1 Å². The Kier molecular flexibility index (Phi) is 8.69. The second kappa shape index (κ2) is 15.1. The fourth-order valence-corrected chi connectivity index (χ4v) is 12.0. The van der Waals surface area contributed by atoms with Crippen molar-refractivity contribution >= 4 is 70.1 Å². The first-order valence-corrected chi connectivity index (χ1v) is 23.2. The van der Waals surface area contributed by atoms with Gasteiger partial charge in [0.15, 0.2) is 0 Å². The van der Waals surface area contributed by atoms with Crippen LogP contribution in [0.25, 0.3) is 75.1 Å². The van der Waals surface area contributed by atoms with Crippen molar-refractivity contribution in [2.75, 3.05) is 4.90 Å². The predicted molar refractivity (Wildman–Crippen MR) is 277 cm³/mol. The van der Waals surface area contributed by atoms with Gasteiger partial charge in [0.2, 0.25) is 0 Å². The zero-order chi connectivity index (χ0) is 42.9. The smallest absolute Gasteiger partial charge is 0.0714 e. The first-order valence-electron chi connectivity index (χ1n) is 22.4. The van der Waals surface area contributed by atoms with E-state index in [9.17, 15) is 0 Å². The maximum atomic E-state index is 2.46. The van der Waals surface area contributed by atoms with Crippen LogP contribution in [0.3, 0.4) is 0 Å². The minimum atomic E-state index is -0.506. The summed E-state index contributed by atoms with van der Waals surface area (Å²) in [5.74, 6) is 0. The molecule has 65 heavy (non-hydrogen) atoms. The van der Waals surface area contributed by atoms with Crippen LogP contribution in [0.2, 0.25) is 0 Å². The molecule has 1 aliphatic rings. The summed E-state index contributed by atoms with van der Waals surface area (Å²) in [7, 11) is 0. The van der Waals surface area contributed by atoms with Crippen molar-refractivity contribution in [2.24, 2.45) is 0 Å². The molecular formula is C63H41NS. The van der Waals surface area contributed by atoms with Gasteiger partial charge in [-0.2, -0.15) is 0 Å². The van der Waals surface area contributed by atoms with Gasteiger partial charge in [-0.25, -0.2) is 0 Å². The quantitative estimate of drug-likeness (QED) is 0.145. The van der Waals surface area contributed by atoms with Crippen LogP contribution in [0.15, 0.2) is 249 Å². The second-order valence-corrected chi connectivity index (χ2v) is 18.2. The Bertz CT molecular complexity index is 3710. The maximum Gasteiger partial charge on any atom is 0.0714 e. The van der Waals surface area contributed by atoms with Crippen LogP contribution in [-0.4, -0.2) is 0 Å². The lowest BCUT2D eigenvalue weighted by Crippen LogP contribution is -2.28. The molecular weight excluding hydrogens is 803 g/mol. The summed E-state index contributed by atoms with van der Waals surface area (Å²) in [6, 6.07) is 92.1. The Balaban J connectivity index is 0.975. The number of thiophene rings is 1. The lowest BCUT2D eigenvalue weighted by atomic mass is 9.67. The van der Waals surface area contributed by atoms with Crippen molar-refractivity contribution in [3.8, 4) is 33.4 Å². The molecule has 0 unspecified atom stereocenters. The summed E-state index contributed by atoms with van der Waals surface area (Å²) in [6.45, 7) is 0. The number of hydrogen-bond acceptors (Lipinski definition) is 2. The third-order valence-corrected chi connectivity index (χ3v) is 15.0. The Morgan fingerprint density at radius 3 is 1.63 bits per heavy atom. The number of rotatable bonds is 7. The van der Waals surface area contributed by atoms with Gasteiger partial charge in [-0.05, 0) is 126 Å². The lowest BCUT2D eigenvalue weighted by molar-refractivity contribution is 0.768. The van der Waals surface area contributed by atoms with Gasteiger partial charge in [0, 0.05) is 37.2 Å². The molecule has 0 radical (unpaired) electrons. The van der Waals surface area contributed by atoms with Crippen molar-refractivity contribution in [1.82, 2.24) is 0 Å². The Morgan fingerprint density at radius 2 is 0.862 bits per heavy atom. The maximum absolute atomic E-state index is 2.46. The van der Waals surface area contributed by atoms with Gasteiger partial charge in [-0.3, -0.25) is 0 Å². The van der Waals surface area contributed by atoms with Crippen LogP contribution in [0.4, 0.5) is 17.1 Å². The Morgan fingerprint density at radius 1 is 0.308 bits per heavy atom. The summed E-state index contributed by atoms with van der Waals surface area (Å²) < 4.78 is 2.64. The molecule has 0 fully saturated rings. The van der Waals surface area contributed by atoms with E-state index in [1.807, 2.05) is 11.3 Å². The highest BCUT2D eigenvalue weighted by atomic mass is 32.1. The molecule has 1 aromatic heterocycles. The number of fused-ring (bicyclic) bond motifs is 9. The molecule has 0 atom stereocenters.